The van der Waals surface area contributed by atoms with Gasteiger partial charge in [0.05, 0.1) is 5.51 Å². The van der Waals surface area contributed by atoms with E-state index in [0.29, 0.717) is 5.92 Å². The van der Waals surface area contributed by atoms with Crippen LogP contribution in [0.1, 0.15) is 16.4 Å². The summed E-state index contributed by atoms with van der Waals surface area (Å²) in [6.45, 7) is 1.00. The van der Waals surface area contributed by atoms with Crippen molar-refractivity contribution in [2.75, 3.05) is 13.6 Å². The summed E-state index contributed by atoms with van der Waals surface area (Å²) in [5.74, 6) is 0.534. The minimum atomic E-state index is 0.534. The Kier molecular flexibility index (Phi) is 4.08. The molecule has 0 radical (unpaired) electrons. The third-order valence-corrected chi connectivity index (χ3v) is 3.45. The lowest BCUT2D eigenvalue weighted by Crippen LogP contribution is -2.18. The van der Waals surface area contributed by atoms with Gasteiger partial charge in [-0.1, -0.05) is 30.3 Å². The molecule has 1 aromatic carbocycles. The molecule has 1 aromatic heterocycles. The van der Waals surface area contributed by atoms with E-state index in [1.165, 1.54) is 10.4 Å². The second-order valence-electron chi connectivity index (χ2n) is 3.84. The zero-order valence-electron chi connectivity index (χ0n) is 9.39. The zero-order valence-corrected chi connectivity index (χ0v) is 10.2. The number of rotatable bonds is 5. The van der Waals surface area contributed by atoms with E-state index in [1.807, 2.05) is 18.8 Å². The van der Waals surface area contributed by atoms with Gasteiger partial charge >= 0.3 is 0 Å². The Morgan fingerprint density at radius 2 is 2.12 bits per heavy atom. The van der Waals surface area contributed by atoms with Crippen LogP contribution in [0, 0.1) is 0 Å². The first-order valence-electron chi connectivity index (χ1n) is 5.47. The molecule has 0 aliphatic carbocycles. The van der Waals surface area contributed by atoms with Crippen molar-refractivity contribution in [2.24, 2.45) is 0 Å². The average molecular weight is 232 g/mol. The van der Waals surface area contributed by atoms with Gasteiger partial charge < -0.3 is 5.32 Å². The minimum Gasteiger partial charge on any atom is -0.319 e. The van der Waals surface area contributed by atoms with Crippen molar-refractivity contribution in [1.29, 1.82) is 0 Å². The number of hydrogen-bond acceptors (Lipinski definition) is 3. The smallest absolute Gasteiger partial charge is 0.0794 e. The highest BCUT2D eigenvalue weighted by Gasteiger charge is 2.11. The average Bonchev–Trinajstić information content (AvgIpc) is 2.83. The van der Waals surface area contributed by atoms with Crippen LogP contribution in [0.15, 0.2) is 42.0 Å². The molecule has 0 amide bonds. The van der Waals surface area contributed by atoms with Crippen LogP contribution in [0.5, 0.6) is 0 Å². The lowest BCUT2D eigenvalue weighted by molar-refractivity contribution is 0.629. The molecule has 0 saturated carbocycles. The molecular weight excluding hydrogens is 216 g/mol. The number of nitrogens with zero attached hydrogens (tertiary/aromatic N) is 1. The number of thiazole rings is 1. The van der Waals surface area contributed by atoms with Crippen LogP contribution in [0.2, 0.25) is 0 Å². The molecule has 1 N–H and O–H groups in total. The lowest BCUT2D eigenvalue weighted by atomic mass is 9.95. The summed E-state index contributed by atoms with van der Waals surface area (Å²) in [4.78, 5) is 5.48. The summed E-state index contributed by atoms with van der Waals surface area (Å²) >= 11 is 1.73. The summed E-state index contributed by atoms with van der Waals surface area (Å²) in [5, 5.41) is 3.26. The maximum absolute atomic E-state index is 4.13. The van der Waals surface area contributed by atoms with Gasteiger partial charge in [-0.05, 0) is 19.0 Å². The molecule has 2 nitrogen and oxygen atoms in total. The van der Waals surface area contributed by atoms with Crippen LogP contribution in [0.4, 0.5) is 0 Å². The number of benzene rings is 1. The molecule has 0 saturated heterocycles. The molecule has 0 bridgehead atoms. The zero-order chi connectivity index (χ0) is 11.2. The highest BCUT2D eigenvalue weighted by atomic mass is 32.1. The van der Waals surface area contributed by atoms with E-state index in [1.54, 1.807) is 11.3 Å². The van der Waals surface area contributed by atoms with Gasteiger partial charge in [0.1, 0.15) is 0 Å². The summed E-state index contributed by atoms with van der Waals surface area (Å²) in [5.41, 5.74) is 3.29. The van der Waals surface area contributed by atoms with Gasteiger partial charge in [0.2, 0.25) is 0 Å². The molecule has 2 rings (SSSR count). The Morgan fingerprint density at radius 3 is 2.75 bits per heavy atom. The van der Waals surface area contributed by atoms with E-state index in [0.717, 1.165) is 13.0 Å². The van der Waals surface area contributed by atoms with Gasteiger partial charge in [-0.2, -0.15) is 0 Å². The fourth-order valence-corrected chi connectivity index (χ4v) is 2.54. The predicted octanol–water partition coefficient (Wildman–Crippen LogP) is 2.69. The van der Waals surface area contributed by atoms with Crippen molar-refractivity contribution < 1.29 is 0 Å². The molecule has 1 heterocycles. The molecule has 3 heteroatoms. The Balaban J connectivity index is 2.11. The highest BCUT2D eigenvalue weighted by Crippen LogP contribution is 2.21. The summed E-state index contributed by atoms with van der Waals surface area (Å²) in [6.07, 6.45) is 3.03. The second-order valence-corrected chi connectivity index (χ2v) is 4.81. The summed E-state index contributed by atoms with van der Waals surface area (Å²) in [6, 6.07) is 10.7. The van der Waals surface area contributed by atoms with E-state index >= 15 is 0 Å². The molecular formula is C13H16N2S. The van der Waals surface area contributed by atoms with E-state index in [4.69, 9.17) is 0 Å². The van der Waals surface area contributed by atoms with Crippen molar-refractivity contribution in [3.63, 3.8) is 0 Å². The van der Waals surface area contributed by atoms with Crippen molar-refractivity contribution in [3.8, 4) is 0 Å². The lowest BCUT2D eigenvalue weighted by Gasteiger charge is -2.15. The van der Waals surface area contributed by atoms with Crippen LogP contribution in [0.25, 0.3) is 0 Å². The van der Waals surface area contributed by atoms with E-state index in [2.05, 4.69) is 40.6 Å². The molecule has 1 unspecified atom stereocenters. The first-order chi connectivity index (χ1) is 7.90. The normalized spacial score (nSPS) is 12.6. The number of hydrogen-bond donors (Lipinski definition) is 1. The Hall–Kier alpha value is -1.19. The largest absolute Gasteiger partial charge is 0.319 e. The van der Waals surface area contributed by atoms with E-state index in [9.17, 15) is 0 Å². The fourth-order valence-electron chi connectivity index (χ4n) is 1.87. The van der Waals surface area contributed by atoms with Gasteiger partial charge in [-0.25, -0.2) is 0 Å². The van der Waals surface area contributed by atoms with Crippen molar-refractivity contribution in [3.05, 3.63) is 52.5 Å². The van der Waals surface area contributed by atoms with Crippen LogP contribution in [0.3, 0.4) is 0 Å². The highest BCUT2D eigenvalue weighted by molar-refractivity contribution is 7.09. The standard InChI is InChI=1S/C13H16N2S/c1-14-8-12(7-13-9-15-10-16-13)11-5-3-2-4-6-11/h2-6,9-10,12,14H,7-8H2,1H3. The van der Waals surface area contributed by atoms with Crippen LogP contribution < -0.4 is 5.32 Å². The van der Waals surface area contributed by atoms with Gasteiger partial charge in [-0.3, -0.25) is 4.98 Å². The number of aromatic nitrogens is 1. The second kappa shape index (κ2) is 5.77. The Bertz CT molecular complexity index is 397. The first-order valence-corrected chi connectivity index (χ1v) is 6.35. The maximum Gasteiger partial charge on any atom is 0.0794 e. The maximum atomic E-state index is 4.13. The topological polar surface area (TPSA) is 24.9 Å². The van der Waals surface area contributed by atoms with Crippen molar-refractivity contribution >= 4 is 11.3 Å². The SMILES string of the molecule is CNCC(Cc1cncs1)c1ccccc1. The monoisotopic (exact) mass is 232 g/mol. The quantitative estimate of drug-likeness (QED) is 0.857. The van der Waals surface area contributed by atoms with Crippen LogP contribution in [-0.2, 0) is 6.42 Å². The van der Waals surface area contributed by atoms with Gasteiger partial charge in [0.25, 0.3) is 0 Å². The number of nitrogens with one attached hydrogen (secondary N) is 1. The van der Waals surface area contributed by atoms with Gasteiger partial charge in [0.15, 0.2) is 0 Å². The number of likely N-dealkylation sites (N-methyl/N-ethyl adjacent to an activating group) is 1. The predicted molar refractivity (Wildman–Crippen MR) is 68.9 cm³/mol. The molecule has 0 fully saturated rings. The Labute approximate surface area is 100 Å². The molecule has 2 aromatic rings. The summed E-state index contributed by atoms with van der Waals surface area (Å²) < 4.78 is 0. The Morgan fingerprint density at radius 1 is 1.31 bits per heavy atom. The molecule has 0 aliphatic rings. The molecule has 1 atom stereocenters. The molecule has 0 spiro atoms. The van der Waals surface area contributed by atoms with Crippen LogP contribution >= 0.6 is 11.3 Å². The minimum absolute atomic E-state index is 0.534. The summed E-state index contributed by atoms with van der Waals surface area (Å²) in [7, 11) is 2.00. The molecule has 84 valence electrons. The fraction of sp³-hybridized carbons (Fsp3) is 0.308. The third-order valence-electron chi connectivity index (χ3n) is 2.65. The first kappa shape index (κ1) is 11.3. The molecule has 16 heavy (non-hydrogen) atoms. The third kappa shape index (κ3) is 2.90. The molecule has 0 aliphatic heterocycles. The van der Waals surface area contributed by atoms with Gasteiger partial charge in [0, 0.05) is 23.5 Å². The van der Waals surface area contributed by atoms with Crippen LogP contribution in [-0.4, -0.2) is 18.6 Å². The van der Waals surface area contributed by atoms with Crippen molar-refractivity contribution in [1.82, 2.24) is 10.3 Å². The van der Waals surface area contributed by atoms with Gasteiger partial charge in [-0.15, -0.1) is 11.3 Å². The van der Waals surface area contributed by atoms with Crippen molar-refractivity contribution in [2.45, 2.75) is 12.3 Å². The van der Waals surface area contributed by atoms with E-state index < -0.39 is 0 Å². The van der Waals surface area contributed by atoms with E-state index in [-0.39, 0.29) is 0 Å².